The number of carboxylic acids is 1. The summed E-state index contributed by atoms with van der Waals surface area (Å²) in [5.74, 6) is -1.16. The molecule has 0 amide bonds. The van der Waals surface area contributed by atoms with E-state index in [4.69, 9.17) is 0 Å². The van der Waals surface area contributed by atoms with Crippen molar-refractivity contribution in [3.05, 3.63) is 69.8 Å². The molecule has 1 N–H and O–H groups in total. The average molecular weight is 372 g/mol. The normalized spacial score (nSPS) is 10.9. The van der Waals surface area contributed by atoms with Gasteiger partial charge in [-0.25, -0.2) is 4.79 Å². The van der Waals surface area contributed by atoms with Crippen LogP contribution in [0.3, 0.4) is 0 Å². The van der Waals surface area contributed by atoms with Crippen LogP contribution < -0.4 is 0 Å². The van der Waals surface area contributed by atoms with Crippen LogP contribution in [-0.2, 0) is 6.42 Å². The Morgan fingerprint density at radius 1 is 1.09 bits per heavy atom. The van der Waals surface area contributed by atoms with Gasteiger partial charge in [0.25, 0.3) is 0 Å². The lowest BCUT2D eigenvalue weighted by Gasteiger charge is -2.07. The van der Waals surface area contributed by atoms with E-state index in [1.54, 1.807) is 31.2 Å². The molecule has 0 atom stereocenters. The van der Waals surface area contributed by atoms with Crippen LogP contribution in [-0.4, -0.2) is 21.6 Å². The summed E-state index contributed by atoms with van der Waals surface area (Å²) in [6, 6.07) is 14.6. The second-order valence-electron chi connectivity index (χ2n) is 5.32. The lowest BCUT2D eigenvalue weighted by atomic mass is 10.1. The van der Waals surface area contributed by atoms with Crippen molar-refractivity contribution in [1.82, 2.24) is 4.57 Å². The number of carbonyl (C=O) groups excluding carboxylic acids is 1. The van der Waals surface area contributed by atoms with Gasteiger partial charge in [-0.2, -0.15) is 0 Å². The van der Waals surface area contributed by atoms with Crippen LogP contribution in [0.1, 0.15) is 26.4 Å². The molecule has 0 radical (unpaired) electrons. The molecular formula is C18H14BrNO3. The number of para-hydroxylation sites is 1. The number of hydrogen-bond acceptors (Lipinski definition) is 2. The maximum atomic E-state index is 12.7. The molecule has 1 heterocycles. The van der Waals surface area contributed by atoms with Crippen LogP contribution in [0.2, 0.25) is 0 Å². The average Bonchev–Trinajstić information content (AvgIpc) is 2.81. The molecule has 0 aliphatic rings. The van der Waals surface area contributed by atoms with E-state index in [0.29, 0.717) is 16.6 Å². The number of nitrogens with zero attached hydrogens (tertiary/aromatic N) is 1. The Morgan fingerprint density at radius 2 is 1.74 bits per heavy atom. The molecule has 3 aromatic rings. The van der Waals surface area contributed by atoms with Crippen LogP contribution in [0.4, 0.5) is 0 Å². The summed E-state index contributed by atoms with van der Waals surface area (Å²) in [5.41, 5.74) is 2.15. The van der Waals surface area contributed by atoms with E-state index in [0.717, 1.165) is 10.0 Å². The third-order valence-electron chi connectivity index (χ3n) is 3.84. The summed E-state index contributed by atoms with van der Waals surface area (Å²) in [4.78, 5) is 24.3. The van der Waals surface area contributed by atoms with Gasteiger partial charge in [-0.3, -0.25) is 9.36 Å². The highest BCUT2D eigenvalue weighted by Gasteiger charge is 2.22. The summed E-state index contributed by atoms with van der Waals surface area (Å²) < 4.78 is 2.45. The van der Waals surface area contributed by atoms with Gasteiger partial charge in [0, 0.05) is 15.6 Å². The first-order valence-corrected chi connectivity index (χ1v) is 7.89. The van der Waals surface area contributed by atoms with Crippen molar-refractivity contribution in [1.29, 1.82) is 0 Å². The number of rotatable bonds is 3. The molecule has 0 aliphatic carbocycles. The molecule has 0 saturated heterocycles. The topological polar surface area (TPSA) is 59.3 Å². The number of carbonyl (C=O) groups is 2. The van der Waals surface area contributed by atoms with Crippen molar-refractivity contribution in [2.45, 2.75) is 13.3 Å². The van der Waals surface area contributed by atoms with Gasteiger partial charge in [-0.15, -0.1) is 0 Å². The minimum Gasteiger partial charge on any atom is -0.478 e. The van der Waals surface area contributed by atoms with Gasteiger partial charge in [-0.05, 0) is 30.7 Å². The Balaban J connectivity index is 2.08. The monoisotopic (exact) mass is 371 g/mol. The Bertz CT molecular complexity index is 910. The van der Waals surface area contributed by atoms with Crippen LogP contribution in [0.25, 0.3) is 10.9 Å². The summed E-state index contributed by atoms with van der Waals surface area (Å²) in [6.07, 6.45) is 0.214. The Labute approximate surface area is 141 Å². The highest BCUT2D eigenvalue weighted by molar-refractivity contribution is 9.10. The minimum absolute atomic E-state index is 0.145. The number of hydrogen-bond donors (Lipinski definition) is 1. The van der Waals surface area contributed by atoms with Gasteiger partial charge in [0.05, 0.1) is 17.5 Å². The van der Waals surface area contributed by atoms with Gasteiger partial charge in [0.2, 0.25) is 5.91 Å². The van der Waals surface area contributed by atoms with E-state index in [2.05, 4.69) is 15.9 Å². The molecule has 0 fully saturated rings. The number of aromatic nitrogens is 1. The van der Waals surface area contributed by atoms with Crippen molar-refractivity contribution < 1.29 is 14.7 Å². The van der Waals surface area contributed by atoms with Gasteiger partial charge in [0.1, 0.15) is 0 Å². The van der Waals surface area contributed by atoms with E-state index in [9.17, 15) is 14.7 Å². The molecule has 0 aliphatic heterocycles. The van der Waals surface area contributed by atoms with Crippen LogP contribution >= 0.6 is 15.9 Å². The van der Waals surface area contributed by atoms with Crippen LogP contribution in [0, 0.1) is 6.92 Å². The lowest BCUT2D eigenvalue weighted by molar-refractivity contribution is 0.0698. The van der Waals surface area contributed by atoms with Crippen molar-refractivity contribution in [3.63, 3.8) is 0 Å². The van der Waals surface area contributed by atoms with Gasteiger partial charge in [0.15, 0.2) is 0 Å². The van der Waals surface area contributed by atoms with Crippen molar-refractivity contribution in [3.8, 4) is 0 Å². The zero-order valence-electron chi connectivity index (χ0n) is 12.4. The molecule has 1 aromatic heterocycles. The van der Waals surface area contributed by atoms with E-state index in [1.807, 2.05) is 24.3 Å². The van der Waals surface area contributed by atoms with Gasteiger partial charge >= 0.3 is 5.97 Å². The molecule has 4 nitrogen and oxygen atoms in total. The molecule has 0 unspecified atom stereocenters. The quantitative estimate of drug-likeness (QED) is 0.746. The fraction of sp³-hybridized carbons (Fsp3) is 0.111. The fourth-order valence-corrected chi connectivity index (χ4v) is 3.08. The second kappa shape index (κ2) is 6.01. The summed E-state index contributed by atoms with van der Waals surface area (Å²) in [7, 11) is 0. The SMILES string of the molecule is Cc1c(C(=O)O)c2ccccc2n1C(=O)Cc1ccc(Br)cc1. The Morgan fingerprint density at radius 3 is 2.39 bits per heavy atom. The smallest absolute Gasteiger partial charge is 0.338 e. The molecule has 0 bridgehead atoms. The van der Waals surface area contributed by atoms with E-state index < -0.39 is 5.97 Å². The zero-order chi connectivity index (χ0) is 16.6. The Kier molecular flexibility index (Phi) is 4.05. The molecule has 5 heteroatoms. The number of aromatic carboxylic acids is 1. The van der Waals surface area contributed by atoms with E-state index in [1.165, 1.54) is 4.57 Å². The van der Waals surface area contributed by atoms with Crippen LogP contribution in [0.15, 0.2) is 53.0 Å². The second-order valence-corrected chi connectivity index (χ2v) is 6.23. The molecule has 116 valence electrons. The van der Waals surface area contributed by atoms with E-state index >= 15 is 0 Å². The number of halogens is 1. The van der Waals surface area contributed by atoms with E-state index in [-0.39, 0.29) is 17.9 Å². The molecular weight excluding hydrogens is 358 g/mol. The molecule has 2 aromatic carbocycles. The third kappa shape index (κ3) is 2.80. The summed E-state index contributed by atoms with van der Waals surface area (Å²) in [5, 5.41) is 10.0. The third-order valence-corrected chi connectivity index (χ3v) is 4.37. The van der Waals surface area contributed by atoms with Crippen molar-refractivity contribution >= 4 is 38.7 Å². The predicted molar refractivity (Wildman–Crippen MR) is 92.1 cm³/mol. The number of benzene rings is 2. The van der Waals surface area contributed by atoms with Gasteiger partial charge < -0.3 is 5.11 Å². The number of carboxylic acid groups (broad SMARTS) is 1. The standard InChI is InChI=1S/C18H14BrNO3/c1-11-17(18(22)23)14-4-2-3-5-15(14)20(11)16(21)10-12-6-8-13(19)9-7-12/h2-9H,10H2,1H3,(H,22,23). The molecule has 0 saturated carbocycles. The van der Waals surface area contributed by atoms with Crippen molar-refractivity contribution in [2.24, 2.45) is 0 Å². The van der Waals surface area contributed by atoms with Crippen molar-refractivity contribution in [2.75, 3.05) is 0 Å². The molecule has 23 heavy (non-hydrogen) atoms. The van der Waals surface area contributed by atoms with Gasteiger partial charge in [-0.1, -0.05) is 46.3 Å². The molecule has 3 rings (SSSR count). The largest absolute Gasteiger partial charge is 0.478 e. The first-order valence-electron chi connectivity index (χ1n) is 7.10. The van der Waals surface area contributed by atoms with Crippen LogP contribution in [0.5, 0.6) is 0 Å². The lowest BCUT2D eigenvalue weighted by Crippen LogP contribution is -2.15. The summed E-state index contributed by atoms with van der Waals surface area (Å²) >= 11 is 3.36. The maximum absolute atomic E-state index is 12.7. The minimum atomic E-state index is -1.02. The zero-order valence-corrected chi connectivity index (χ0v) is 14.0. The maximum Gasteiger partial charge on any atom is 0.338 e. The molecule has 0 spiro atoms. The first kappa shape index (κ1) is 15.5. The number of fused-ring (bicyclic) bond motifs is 1. The Hall–Kier alpha value is -2.40. The highest BCUT2D eigenvalue weighted by Crippen LogP contribution is 2.26. The first-order chi connectivity index (χ1) is 11.0. The fourth-order valence-electron chi connectivity index (χ4n) is 2.81. The predicted octanol–water partition coefficient (Wildman–Crippen LogP) is 4.29. The highest BCUT2D eigenvalue weighted by atomic mass is 79.9. The summed E-state index contributed by atoms with van der Waals surface area (Å²) in [6.45, 7) is 1.67.